The van der Waals surface area contributed by atoms with Gasteiger partial charge in [-0.2, -0.15) is 0 Å². The Morgan fingerprint density at radius 2 is 1.67 bits per heavy atom. The predicted octanol–water partition coefficient (Wildman–Crippen LogP) is 5.65. The number of halogens is 2. The first-order valence-corrected chi connectivity index (χ1v) is 14.8. The summed E-state index contributed by atoms with van der Waals surface area (Å²) >= 11 is 0.771. The molecule has 0 aromatic rings. The number of nitrogens with zero attached hydrogens (tertiary/aromatic N) is 1. The van der Waals surface area contributed by atoms with Gasteiger partial charge in [0, 0.05) is 7.05 Å². The van der Waals surface area contributed by atoms with E-state index in [4.69, 9.17) is 20.1 Å². The van der Waals surface area contributed by atoms with Crippen molar-refractivity contribution in [3.8, 4) is 0 Å². The molecule has 2 aliphatic carbocycles. The molecule has 0 aromatic carbocycles. The molecule has 0 saturated carbocycles. The first kappa shape index (κ1) is 23.6. The fourth-order valence-electron chi connectivity index (χ4n) is 4.27. The van der Waals surface area contributed by atoms with Gasteiger partial charge < -0.3 is 10.0 Å². The van der Waals surface area contributed by atoms with Crippen molar-refractivity contribution in [3.63, 3.8) is 0 Å². The molecule has 0 amide bonds. The SMILES string of the molecule is CC[SH+]C1(O)C=C[C-]2C(=C1)C1=C(CCCCCCCCCC1)N2C.[Cl][Al][Cl]. The van der Waals surface area contributed by atoms with Crippen molar-refractivity contribution < 1.29 is 5.11 Å². The van der Waals surface area contributed by atoms with Gasteiger partial charge in [0.25, 0.3) is 0 Å². The molecule has 151 valence electrons. The van der Waals surface area contributed by atoms with E-state index in [0.717, 1.165) is 17.5 Å². The second kappa shape index (κ2) is 12.1. The van der Waals surface area contributed by atoms with Gasteiger partial charge in [-0.05, 0) is 43.3 Å². The van der Waals surface area contributed by atoms with Crippen molar-refractivity contribution in [1.82, 2.24) is 4.90 Å². The molecule has 3 aliphatic rings. The zero-order valence-electron chi connectivity index (χ0n) is 16.7. The summed E-state index contributed by atoms with van der Waals surface area (Å²) in [6, 6.07) is 1.30. The summed E-state index contributed by atoms with van der Waals surface area (Å²) in [7, 11) is 11.9. The summed E-state index contributed by atoms with van der Waals surface area (Å²) in [5, 5.41) is 10.9. The molecule has 2 nitrogen and oxygen atoms in total. The summed E-state index contributed by atoms with van der Waals surface area (Å²) in [6.07, 6.45) is 19.5. The molecular weight excluding hydrogens is 412 g/mol. The number of rotatable bonds is 2. The Bertz CT molecular complexity index is 566. The molecule has 3 rings (SSSR count). The van der Waals surface area contributed by atoms with E-state index in [1.807, 2.05) is 6.08 Å². The first-order valence-electron chi connectivity index (χ1n) is 10.2. The fraction of sp³-hybridized carbons (Fsp3) is 0.667. The predicted molar refractivity (Wildman–Crippen MR) is 123 cm³/mol. The first-order chi connectivity index (χ1) is 13.1. The number of fused-ring (bicyclic) bond motifs is 2. The molecule has 0 bridgehead atoms. The standard InChI is InChI=1S/C21H32NOS.Al.2ClH/c1-3-24-21(23)15-14-20-18(16-21)17-12-10-8-6-4-5-7-9-11-13-19(17)22(20)2;;;/h14-16,23H,3-13H2,1-2H3;;2*1H/q-1;+2;;/p-1. The third-order valence-electron chi connectivity index (χ3n) is 5.56. The van der Waals surface area contributed by atoms with E-state index in [0.29, 0.717) is 0 Å². The van der Waals surface area contributed by atoms with Gasteiger partial charge in [0.1, 0.15) is 5.75 Å². The highest BCUT2D eigenvalue weighted by molar-refractivity contribution is 7.80. The smallest absolute Gasteiger partial charge is 0.395 e. The zero-order valence-corrected chi connectivity index (χ0v) is 20.2. The van der Waals surface area contributed by atoms with Crippen LogP contribution >= 0.6 is 20.1 Å². The van der Waals surface area contributed by atoms with Crippen LogP contribution in [0.4, 0.5) is 0 Å². The summed E-state index contributed by atoms with van der Waals surface area (Å²) in [5.74, 6) is 0.974. The largest absolute Gasteiger partial charge is 0.495 e. The van der Waals surface area contributed by atoms with Gasteiger partial charge in [-0.25, -0.2) is 20.1 Å². The van der Waals surface area contributed by atoms with Gasteiger partial charge in [-0.3, -0.25) is 0 Å². The highest BCUT2D eigenvalue weighted by Crippen LogP contribution is 2.46. The Balaban J connectivity index is 0.000000817. The lowest BCUT2D eigenvalue weighted by atomic mass is 9.90. The average Bonchev–Trinajstić information content (AvgIpc) is 2.86. The second-order valence-electron chi connectivity index (χ2n) is 7.43. The molecule has 0 spiro atoms. The number of allylic oxidation sites excluding steroid dienone is 1. The van der Waals surface area contributed by atoms with Crippen molar-refractivity contribution in [3.05, 3.63) is 41.1 Å². The lowest BCUT2D eigenvalue weighted by Gasteiger charge is -2.34. The zero-order chi connectivity index (χ0) is 19.7. The third-order valence-corrected chi connectivity index (χ3v) is 6.66. The third kappa shape index (κ3) is 6.66. The van der Waals surface area contributed by atoms with Crippen molar-refractivity contribution in [2.45, 2.75) is 76.1 Å². The molecular formula is C21H33AlCl2NOS. The van der Waals surface area contributed by atoms with E-state index < -0.39 is 4.93 Å². The summed E-state index contributed by atoms with van der Waals surface area (Å²) in [6.45, 7) is 2.13. The number of aliphatic hydroxyl groups is 1. The van der Waals surface area contributed by atoms with Crippen molar-refractivity contribution in [1.29, 1.82) is 0 Å². The van der Waals surface area contributed by atoms with Gasteiger partial charge in [-0.1, -0.05) is 63.5 Å². The number of hydrogen-bond acceptors (Lipinski definition) is 2. The monoisotopic (exact) mass is 444 g/mol. The minimum Gasteiger partial charge on any atom is -0.395 e. The van der Waals surface area contributed by atoms with Crippen LogP contribution in [0.25, 0.3) is 0 Å². The lowest BCUT2D eigenvalue weighted by molar-refractivity contribution is 0.233. The van der Waals surface area contributed by atoms with Gasteiger partial charge in [-0.15, -0.1) is 17.2 Å². The van der Waals surface area contributed by atoms with Gasteiger partial charge in [0.15, 0.2) is 4.93 Å². The number of likely N-dealkylation sites (N-methyl/N-ethyl adjacent to an activating group) is 1. The van der Waals surface area contributed by atoms with Gasteiger partial charge in [0.2, 0.25) is 0 Å². The molecule has 1 aliphatic heterocycles. The average molecular weight is 445 g/mol. The quantitative estimate of drug-likeness (QED) is 0.257. The molecule has 0 saturated heterocycles. The second-order valence-corrected chi connectivity index (χ2v) is 11.2. The summed E-state index contributed by atoms with van der Waals surface area (Å²) < 4.78 is 0. The fourth-order valence-corrected chi connectivity index (χ4v) is 5.17. The summed E-state index contributed by atoms with van der Waals surface area (Å²) in [4.78, 5) is 1.62. The lowest BCUT2D eigenvalue weighted by Crippen LogP contribution is -2.31. The van der Waals surface area contributed by atoms with Crippen molar-refractivity contribution in [2.75, 3.05) is 12.8 Å². The molecule has 27 heavy (non-hydrogen) atoms. The van der Waals surface area contributed by atoms with Crippen LogP contribution in [0.3, 0.4) is 0 Å². The molecule has 1 unspecified atom stereocenters. The van der Waals surface area contributed by atoms with E-state index in [-0.39, 0.29) is 13.4 Å². The molecule has 1 heterocycles. The van der Waals surface area contributed by atoms with Gasteiger partial charge in [0.05, 0.1) is 0 Å². The highest BCUT2D eigenvalue weighted by Gasteiger charge is 2.34. The van der Waals surface area contributed by atoms with E-state index in [1.165, 1.54) is 87.1 Å². The van der Waals surface area contributed by atoms with Gasteiger partial charge >= 0.3 is 13.4 Å². The number of thiol groups is 1. The molecule has 1 radical (unpaired) electrons. The molecule has 1 N–H and O–H groups in total. The van der Waals surface area contributed by atoms with Crippen LogP contribution < -0.4 is 0 Å². The van der Waals surface area contributed by atoms with Crippen LogP contribution in [0.5, 0.6) is 0 Å². The van der Waals surface area contributed by atoms with E-state index in [1.54, 1.807) is 0 Å². The molecule has 0 fully saturated rings. The van der Waals surface area contributed by atoms with E-state index in [9.17, 15) is 5.11 Å². The van der Waals surface area contributed by atoms with Crippen LogP contribution in [0, 0.1) is 6.04 Å². The van der Waals surface area contributed by atoms with Crippen LogP contribution in [0.15, 0.2) is 35.1 Å². The minimum absolute atomic E-state index is 0.306. The van der Waals surface area contributed by atoms with Crippen LogP contribution in [-0.2, 0) is 11.8 Å². The van der Waals surface area contributed by atoms with Crippen molar-refractivity contribution >= 4 is 45.2 Å². The maximum absolute atomic E-state index is 10.9. The molecule has 1 atom stereocenters. The Morgan fingerprint density at radius 3 is 2.26 bits per heavy atom. The topological polar surface area (TPSA) is 23.5 Å². The molecule has 6 heteroatoms. The van der Waals surface area contributed by atoms with Crippen LogP contribution in [0.2, 0.25) is 0 Å². The Hall–Kier alpha value is 0.312. The maximum Gasteiger partial charge on any atom is 0.495 e. The Kier molecular flexibility index (Phi) is 10.6. The highest BCUT2D eigenvalue weighted by atomic mass is 35.7. The Morgan fingerprint density at radius 1 is 1.11 bits per heavy atom. The van der Waals surface area contributed by atoms with Crippen molar-refractivity contribution in [2.24, 2.45) is 0 Å². The maximum atomic E-state index is 10.9. The van der Waals surface area contributed by atoms with E-state index >= 15 is 0 Å². The summed E-state index contributed by atoms with van der Waals surface area (Å²) in [5.41, 5.74) is 4.34. The molecule has 0 aromatic heterocycles. The van der Waals surface area contributed by atoms with E-state index in [2.05, 4.69) is 31.0 Å². The Labute approximate surface area is 184 Å². The normalized spacial score (nSPS) is 26.2. The van der Waals surface area contributed by atoms with Crippen LogP contribution in [-0.4, -0.2) is 41.1 Å². The van der Waals surface area contributed by atoms with Crippen LogP contribution in [0.1, 0.15) is 71.1 Å². The minimum atomic E-state index is -0.777. The number of hydrogen-bond donors (Lipinski definition) is 1.